The van der Waals surface area contributed by atoms with Gasteiger partial charge in [0.25, 0.3) is 0 Å². The van der Waals surface area contributed by atoms with Crippen molar-refractivity contribution in [2.45, 2.75) is 38.8 Å². The van der Waals surface area contributed by atoms with Crippen LogP contribution < -0.4 is 5.32 Å². The van der Waals surface area contributed by atoms with E-state index in [-0.39, 0.29) is 12.4 Å². The van der Waals surface area contributed by atoms with Gasteiger partial charge < -0.3 is 10.2 Å². The van der Waals surface area contributed by atoms with Crippen molar-refractivity contribution < 1.29 is 4.39 Å². The van der Waals surface area contributed by atoms with E-state index in [1.807, 2.05) is 6.92 Å². The average molecular weight is 343 g/mol. The molecule has 0 aliphatic carbocycles. The molecule has 134 valence electrons. The lowest BCUT2D eigenvalue weighted by Crippen LogP contribution is -2.42. The zero-order valence-corrected chi connectivity index (χ0v) is 14.8. The van der Waals surface area contributed by atoms with Crippen LogP contribution in [0.1, 0.15) is 37.3 Å². The van der Waals surface area contributed by atoms with Crippen LogP contribution in [0.15, 0.2) is 23.2 Å². The van der Waals surface area contributed by atoms with E-state index in [1.165, 1.54) is 38.1 Å². The van der Waals surface area contributed by atoms with Gasteiger partial charge in [-0.25, -0.2) is 9.38 Å². The van der Waals surface area contributed by atoms with Crippen LogP contribution in [0.2, 0.25) is 0 Å². The third kappa shape index (κ3) is 4.29. The molecule has 0 radical (unpaired) electrons. The molecule has 1 N–H and O–H groups in total. The van der Waals surface area contributed by atoms with Gasteiger partial charge >= 0.3 is 0 Å². The lowest BCUT2D eigenvalue weighted by atomic mass is 10.1. The molecule has 0 amide bonds. The van der Waals surface area contributed by atoms with E-state index in [9.17, 15) is 4.39 Å². The minimum atomic E-state index is -0.310. The third-order valence-corrected chi connectivity index (χ3v) is 5.03. The summed E-state index contributed by atoms with van der Waals surface area (Å²) in [7, 11) is 0. The first-order valence-electron chi connectivity index (χ1n) is 9.17. The van der Waals surface area contributed by atoms with E-state index < -0.39 is 0 Å². The van der Waals surface area contributed by atoms with Crippen LogP contribution in [0.3, 0.4) is 0 Å². The van der Waals surface area contributed by atoms with Gasteiger partial charge in [-0.2, -0.15) is 5.26 Å². The van der Waals surface area contributed by atoms with Crippen molar-refractivity contribution in [3.05, 3.63) is 35.1 Å². The molecule has 5 nitrogen and oxygen atoms in total. The minimum Gasteiger partial charge on any atom is -0.357 e. The smallest absolute Gasteiger partial charge is 0.194 e. The molecule has 1 unspecified atom stereocenters. The van der Waals surface area contributed by atoms with Gasteiger partial charge in [-0.05, 0) is 57.5 Å². The Morgan fingerprint density at radius 2 is 2.16 bits per heavy atom. The number of guanidine groups is 1. The van der Waals surface area contributed by atoms with E-state index in [0.29, 0.717) is 17.2 Å². The Bertz CT molecular complexity index is 660. The van der Waals surface area contributed by atoms with Gasteiger partial charge in [-0.3, -0.25) is 4.90 Å². The van der Waals surface area contributed by atoms with Crippen LogP contribution in [0.25, 0.3) is 0 Å². The van der Waals surface area contributed by atoms with Gasteiger partial charge in [0, 0.05) is 31.2 Å². The van der Waals surface area contributed by atoms with E-state index in [0.717, 1.165) is 32.0 Å². The van der Waals surface area contributed by atoms with Gasteiger partial charge in [-0.15, -0.1) is 0 Å². The van der Waals surface area contributed by atoms with Crippen molar-refractivity contribution in [2.75, 3.05) is 32.7 Å². The molecular weight excluding hydrogens is 317 g/mol. The molecule has 2 aliphatic rings. The molecule has 6 heteroatoms. The molecule has 0 saturated carbocycles. The molecule has 1 aromatic rings. The van der Waals surface area contributed by atoms with E-state index in [4.69, 9.17) is 5.26 Å². The van der Waals surface area contributed by atoms with Gasteiger partial charge in [-0.1, -0.05) is 0 Å². The fourth-order valence-electron chi connectivity index (χ4n) is 3.69. The molecule has 2 heterocycles. The molecule has 1 atom stereocenters. The van der Waals surface area contributed by atoms with E-state index >= 15 is 0 Å². The summed E-state index contributed by atoms with van der Waals surface area (Å²) in [5, 5.41) is 12.3. The lowest BCUT2D eigenvalue weighted by Gasteiger charge is -2.25. The number of nitrogens with zero attached hydrogens (tertiary/aromatic N) is 4. The van der Waals surface area contributed by atoms with Crippen LogP contribution in [0.5, 0.6) is 0 Å². The fourth-order valence-corrected chi connectivity index (χ4v) is 3.69. The quantitative estimate of drug-likeness (QED) is 0.673. The first-order valence-corrected chi connectivity index (χ1v) is 9.17. The van der Waals surface area contributed by atoms with Crippen molar-refractivity contribution in [1.82, 2.24) is 15.1 Å². The number of nitriles is 1. The Labute approximate surface area is 149 Å². The van der Waals surface area contributed by atoms with Gasteiger partial charge in [0.15, 0.2) is 5.96 Å². The molecular formula is C19H26FN5. The maximum absolute atomic E-state index is 14.0. The maximum Gasteiger partial charge on any atom is 0.194 e. The van der Waals surface area contributed by atoms with Crippen molar-refractivity contribution in [3.63, 3.8) is 0 Å². The second-order valence-corrected chi connectivity index (χ2v) is 6.72. The molecule has 2 fully saturated rings. The number of hydrogen-bond donors (Lipinski definition) is 1. The monoisotopic (exact) mass is 343 g/mol. The first-order chi connectivity index (χ1) is 12.2. The van der Waals surface area contributed by atoms with E-state index in [1.54, 1.807) is 6.07 Å². The molecule has 1 aromatic carbocycles. The standard InChI is InChI=1S/C19H26FN5/c1-2-22-19(23-13-16-11-15(12-21)5-6-18(16)20)25-10-7-17(14-25)24-8-3-4-9-24/h5-6,11,17H,2-4,7-10,13-14H2,1H3,(H,22,23). The number of rotatable bonds is 4. The Morgan fingerprint density at radius 1 is 1.36 bits per heavy atom. The second kappa shape index (κ2) is 8.30. The van der Waals surface area contributed by atoms with Crippen molar-refractivity contribution >= 4 is 5.96 Å². The molecule has 0 bridgehead atoms. The van der Waals surface area contributed by atoms with E-state index in [2.05, 4.69) is 26.2 Å². The Morgan fingerprint density at radius 3 is 2.88 bits per heavy atom. The zero-order valence-electron chi connectivity index (χ0n) is 14.8. The normalized spacial score (nSPS) is 21.6. The lowest BCUT2D eigenvalue weighted by molar-refractivity contribution is 0.249. The molecule has 3 rings (SSSR count). The van der Waals surface area contributed by atoms with Crippen molar-refractivity contribution in [1.29, 1.82) is 5.26 Å². The average Bonchev–Trinajstić information content (AvgIpc) is 3.31. The summed E-state index contributed by atoms with van der Waals surface area (Å²) >= 11 is 0. The van der Waals surface area contributed by atoms with Crippen molar-refractivity contribution in [2.24, 2.45) is 4.99 Å². The summed E-state index contributed by atoms with van der Waals surface area (Å²) < 4.78 is 14.0. The zero-order chi connectivity index (χ0) is 17.6. The fraction of sp³-hybridized carbons (Fsp3) is 0.579. The molecule has 0 aromatic heterocycles. The van der Waals surface area contributed by atoms with Gasteiger partial charge in [0.05, 0.1) is 18.2 Å². The van der Waals surface area contributed by atoms with Crippen LogP contribution in [-0.4, -0.2) is 54.5 Å². The molecule has 0 spiro atoms. The highest BCUT2D eigenvalue weighted by molar-refractivity contribution is 5.80. The summed E-state index contributed by atoms with van der Waals surface area (Å²) in [6, 6.07) is 7.08. The highest BCUT2D eigenvalue weighted by Crippen LogP contribution is 2.20. The summed E-state index contributed by atoms with van der Waals surface area (Å²) in [6.45, 7) is 7.44. The first kappa shape index (κ1) is 17.7. The second-order valence-electron chi connectivity index (χ2n) is 6.72. The highest BCUT2D eigenvalue weighted by atomic mass is 19.1. The Hall–Kier alpha value is -2.13. The SMILES string of the molecule is CCNC(=NCc1cc(C#N)ccc1F)N1CCC(N2CCCC2)C1. The summed E-state index contributed by atoms with van der Waals surface area (Å²) in [6.07, 6.45) is 3.76. The van der Waals surface area contributed by atoms with Crippen LogP contribution in [0.4, 0.5) is 4.39 Å². The third-order valence-electron chi connectivity index (χ3n) is 5.03. The number of aliphatic imine (C=N–C) groups is 1. The number of nitrogens with one attached hydrogen (secondary N) is 1. The maximum atomic E-state index is 14.0. The summed E-state index contributed by atoms with van der Waals surface area (Å²) in [5.74, 6) is 0.529. The minimum absolute atomic E-state index is 0.245. The van der Waals surface area contributed by atoms with Gasteiger partial charge in [0.2, 0.25) is 0 Å². The Balaban J connectivity index is 1.68. The summed E-state index contributed by atoms with van der Waals surface area (Å²) in [4.78, 5) is 9.49. The topological polar surface area (TPSA) is 54.7 Å². The largest absolute Gasteiger partial charge is 0.357 e. The Kier molecular flexibility index (Phi) is 5.87. The number of halogens is 1. The highest BCUT2D eigenvalue weighted by Gasteiger charge is 2.30. The predicted octanol–water partition coefficient (Wildman–Crippen LogP) is 2.33. The van der Waals surface area contributed by atoms with Crippen LogP contribution in [0, 0.1) is 17.1 Å². The van der Waals surface area contributed by atoms with Crippen molar-refractivity contribution in [3.8, 4) is 6.07 Å². The number of hydrogen-bond acceptors (Lipinski definition) is 3. The van der Waals surface area contributed by atoms with Crippen LogP contribution >= 0.6 is 0 Å². The summed E-state index contributed by atoms with van der Waals surface area (Å²) in [5.41, 5.74) is 0.927. The predicted molar refractivity (Wildman–Crippen MR) is 96.7 cm³/mol. The molecule has 2 saturated heterocycles. The molecule has 2 aliphatic heterocycles. The van der Waals surface area contributed by atoms with Crippen LogP contribution in [-0.2, 0) is 6.54 Å². The molecule has 25 heavy (non-hydrogen) atoms. The number of likely N-dealkylation sites (tertiary alicyclic amines) is 2. The van der Waals surface area contributed by atoms with Gasteiger partial charge in [0.1, 0.15) is 5.82 Å². The number of benzene rings is 1.